The number of thiocarbonyl (C=S) groups is 1. The molecule has 1 amide bonds. The van der Waals surface area contributed by atoms with Crippen molar-refractivity contribution in [2.75, 3.05) is 13.1 Å². The van der Waals surface area contributed by atoms with E-state index >= 15 is 0 Å². The van der Waals surface area contributed by atoms with E-state index < -0.39 is 0 Å². The lowest BCUT2D eigenvalue weighted by molar-refractivity contribution is 0.0777. The van der Waals surface area contributed by atoms with Crippen molar-refractivity contribution in [2.45, 2.75) is 13.3 Å². The number of phenols is 1. The molecule has 0 heterocycles. The van der Waals surface area contributed by atoms with Crippen LogP contribution in [0.4, 0.5) is 0 Å². The number of rotatable bonds is 5. The van der Waals surface area contributed by atoms with E-state index in [1.54, 1.807) is 17.0 Å². The van der Waals surface area contributed by atoms with Crippen LogP contribution in [0.25, 0.3) is 10.8 Å². The first-order valence-corrected chi connectivity index (χ1v) is 7.23. The number of benzene rings is 2. The van der Waals surface area contributed by atoms with Gasteiger partial charge in [-0.15, -0.1) is 0 Å². The Labute approximate surface area is 129 Å². The second kappa shape index (κ2) is 6.54. The second-order valence-corrected chi connectivity index (χ2v) is 5.40. The second-order valence-electron chi connectivity index (χ2n) is 4.88. The molecular weight excluding hydrogens is 284 g/mol. The van der Waals surface area contributed by atoms with E-state index in [4.69, 9.17) is 18.0 Å². The topological polar surface area (TPSA) is 66.6 Å². The van der Waals surface area contributed by atoms with E-state index in [0.29, 0.717) is 11.9 Å². The van der Waals surface area contributed by atoms with Crippen LogP contribution in [0.1, 0.15) is 23.7 Å². The molecule has 0 unspecified atom stereocenters. The highest BCUT2D eigenvalue weighted by atomic mass is 32.1. The van der Waals surface area contributed by atoms with E-state index in [1.165, 1.54) is 0 Å². The molecule has 4 nitrogen and oxygen atoms in total. The number of fused-ring (bicyclic) bond motifs is 1. The molecule has 0 aliphatic carbocycles. The third-order valence-electron chi connectivity index (χ3n) is 3.26. The van der Waals surface area contributed by atoms with Gasteiger partial charge in [0.25, 0.3) is 5.91 Å². The normalized spacial score (nSPS) is 10.5. The van der Waals surface area contributed by atoms with Crippen molar-refractivity contribution in [1.82, 2.24) is 4.90 Å². The van der Waals surface area contributed by atoms with Gasteiger partial charge < -0.3 is 15.7 Å². The summed E-state index contributed by atoms with van der Waals surface area (Å²) in [5.41, 5.74) is 5.82. The fourth-order valence-electron chi connectivity index (χ4n) is 2.31. The van der Waals surface area contributed by atoms with E-state index in [9.17, 15) is 9.90 Å². The summed E-state index contributed by atoms with van der Waals surface area (Å²) in [5, 5.41) is 11.9. The Balaban J connectivity index is 2.41. The molecule has 0 atom stereocenters. The van der Waals surface area contributed by atoms with E-state index in [2.05, 4.69) is 0 Å². The minimum atomic E-state index is -0.257. The lowest BCUT2D eigenvalue weighted by Crippen LogP contribution is -2.38. The minimum absolute atomic E-state index is 0.00198. The molecule has 0 saturated heterocycles. The lowest BCUT2D eigenvalue weighted by Gasteiger charge is -2.22. The Morgan fingerprint density at radius 1 is 1.29 bits per heavy atom. The van der Waals surface area contributed by atoms with Crippen molar-refractivity contribution in [2.24, 2.45) is 5.73 Å². The highest BCUT2D eigenvalue weighted by Crippen LogP contribution is 2.29. The molecule has 2 rings (SSSR count). The zero-order chi connectivity index (χ0) is 15.4. The highest BCUT2D eigenvalue weighted by Gasteiger charge is 2.20. The van der Waals surface area contributed by atoms with Crippen LogP contribution in [0, 0.1) is 0 Å². The molecule has 110 valence electrons. The fourth-order valence-corrected chi connectivity index (χ4v) is 2.46. The molecule has 21 heavy (non-hydrogen) atoms. The molecule has 0 bridgehead atoms. The van der Waals surface area contributed by atoms with Crippen LogP contribution < -0.4 is 5.73 Å². The summed E-state index contributed by atoms with van der Waals surface area (Å²) in [4.78, 5) is 14.4. The summed E-state index contributed by atoms with van der Waals surface area (Å²) < 4.78 is 0. The van der Waals surface area contributed by atoms with Crippen molar-refractivity contribution >= 4 is 33.9 Å². The van der Waals surface area contributed by atoms with Gasteiger partial charge in [-0.3, -0.25) is 4.79 Å². The Kier molecular flexibility index (Phi) is 4.75. The summed E-state index contributed by atoms with van der Waals surface area (Å²) in [6.07, 6.45) is 0.794. The van der Waals surface area contributed by atoms with Crippen LogP contribution in [0.2, 0.25) is 0 Å². The third-order valence-corrected chi connectivity index (χ3v) is 3.39. The summed E-state index contributed by atoms with van der Waals surface area (Å²) in [6, 6.07) is 10.9. The van der Waals surface area contributed by atoms with E-state index in [0.717, 1.165) is 11.8 Å². The number of carbonyl (C=O) groups excluding carboxylic acids is 1. The predicted octanol–water partition coefficient (Wildman–Crippen LogP) is 2.68. The molecule has 0 aromatic heterocycles. The van der Waals surface area contributed by atoms with Crippen molar-refractivity contribution < 1.29 is 9.90 Å². The van der Waals surface area contributed by atoms with Gasteiger partial charge in [0.2, 0.25) is 0 Å². The maximum atomic E-state index is 12.6. The lowest BCUT2D eigenvalue weighted by atomic mass is 10.0. The summed E-state index contributed by atoms with van der Waals surface area (Å²) in [5.74, 6) is -0.255. The number of phenolic OH excluding ortho intramolecular Hbond substituents is 1. The van der Waals surface area contributed by atoms with E-state index in [-0.39, 0.29) is 28.8 Å². The number of aromatic hydroxyl groups is 1. The molecule has 3 N–H and O–H groups in total. The maximum absolute atomic E-state index is 12.6. The number of hydrogen-bond acceptors (Lipinski definition) is 3. The zero-order valence-corrected chi connectivity index (χ0v) is 12.7. The molecule has 2 aromatic rings. The number of nitrogens with two attached hydrogens (primary N) is 1. The summed E-state index contributed by atoms with van der Waals surface area (Å²) in [6.45, 7) is 2.73. The van der Waals surface area contributed by atoms with Crippen molar-refractivity contribution in [3.05, 3.63) is 42.0 Å². The summed E-state index contributed by atoms with van der Waals surface area (Å²) in [7, 11) is 0. The van der Waals surface area contributed by atoms with Crippen molar-refractivity contribution in [1.29, 1.82) is 0 Å². The maximum Gasteiger partial charge on any atom is 0.258 e. The van der Waals surface area contributed by atoms with Crippen LogP contribution >= 0.6 is 12.2 Å². The Morgan fingerprint density at radius 2 is 2.00 bits per heavy atom. The number of carbonyl (C=O) groups is 1. The average Bonchev–Trinajstić information content (AvgIpc) is 2.46. The van der Waals surface area contributed by atoms with Gasteiger partial charge in [-0.1, -0.05) is 49.5 Å². The van der Waals surface area contributed by atoms with E-state index in [1.807, 2.05) is 31.2 Å². The first-order valence-electron chi connectivity index (χ1n) is 6.83. The van der Waals surface area contributed by atoms with Crippen molar-refractivity contribution in [3.63, 3.8) is 0 Å². The largest absolute Gasteiger partial charge is 0.506 e. The van der Waals surface area contributed by atoms with Gasteiger partial charge in [-0.2, -0.15) is 0 Å². The Morgan fingerprint density at radius 3 is 2.67 bits per heavy atom. The van der Waals surface area contributed by atoms with Crippen molar-refractivity contribution in [3.8, 4) is 5.75 Å². The molecule has 0 fully saturated rings. The average molecular weight is 302 g/mol. The van der Waals surface area contributed by atoms with Gasteiger partial charge in [0.15, 0.2) is 0 Å². The highest BCUT2D eigenvalue weighted by molar-refractivity contribution is 7.80. The van der Waals surface area contributed by atoms with Gasteiger partial charge in [0.1, 0.15) is 5.75 Å². The van der Waals surface area contributed by atoms with Gasteiger partial charge in [-0.25, -0.2) is 0 Å². The number of amides is 1. The van der Waals surface area contributed by atoms with Crippen LogP contribution in [0.5, 0.6) is 5.75 Å². The molecule has 0 aliphatic rings. The molecule has 0 radical (unpaired) electrons. The predicted molar refractivity (Wildman–Crippen MR) is 88.6 cm³/mol. The zero-order valence-electron chi connectivity index (χ0n) is 11.9. The van der Waals surface area contributed by atoms with Gasteiger partial charge in [-0.05, 0) is 17.9 Å². The van der Waals surface area contributed by atoms with Gasteiger partial charge >= 0.3 is 0 Å². The standard InChI is InChI=1S/C16H18N2O2S/c1-2-9-18(10-14(17)21)16(20)13-8-7-11-5-3-4-6-12(11)15(13)19/h3-8,19H,2,9-10H2,1H3,(H2,17,21). The third kappa shape index (κ3) is 3.31. The monoisotopic (exact) mass is 302 g/mol. The molecular formula is C16H18N2O2S. The molecule has 0 spiro atoms. The van der Waals surface area contributed by atoms with Crippen LogP contribution in [0.3, 0.4) is 0 Å². The van der Waals surface area contributed by atoms with Crippen LogP contribution in [-0.4, -0.2) is 34.0 Å². The Bertz CT molecular complexity index is 685. The number of hydrogen-bond donors (Lipinski definition) is 2. The van der Waals surface area contributed by atoms with Gasteiger partial charge in [0, 0.05) is 11.9 Å². The SMILES string of the molecule is CCCN(CC(N)=S)C(=O)c1ccc2ccccc2c1O. The molecule has 2 aromatic carbocycles. The molecule has 5 heteroatoms. The molecule has 0 aliphatic heterocycles. The smallest absolute Gasteiger partial charge is 0.258 e. The van der Waals surface area contributed by atoms with Gasteiger partial charge in [0.05, 0.1) is 17.1 Å². The number of nitrogens with zero attached hydrogens (tertiary/aromatic N) is 1. The first-order chi connectivity index (χ1) is 10.0. The quantitative estimate of drug-likeness (QED) is 0.833. The Hall–Kier alpha value is -2.14. The fraction of sp³-hybridized carbons (Fsp3) is 0.250. The van der Waals surface area contributed by atoms with Crippen LogP contribution in [-0.2, 0) is 0 Å². The first kappa shape index (κ1) is 15.3. The molecule has 0 saturated carbocycles. The minimum Gasteiger partial charge on any atom is -0.506 e. The summed E-state index contributed by atoms with van der Waals surface area (Å²) >= 11 is 4.89. The van der Waals surface area contributed by atoms with Crippen LogP contribution in [0.15, 0.2) is 36.4 Å².